The number of rotatable bonds is 6. The number of benzene rings is 4. The second-order valence-electron chi connectivity index (χ2n) is 8.56. The van der Waals surface area contributed by atoms with Crippen molar-refractivity contribution in [1.29, 1.82) is 0 Å². The molecule has 164 valence electrons. The highest BCUT2D eigenvalue weighted by Crippen LogP contribution is 2.57. The fourth-order valence-electron chi connectivity index (χ4n) is 5.18. The lowest BCUT2D eigenvalue weighted by Crippen LogP contribution is -2.49. The minimum absolute atomic E-state index is 0.125. The van der Waals surface area contributed by atoms with Crippen molar-refractivity contribution in [2.45, 2.75) is 11.8 Å². The summed E-state index contributed by atoms with van der Waals surface area (Å²) >= 11 is 0. The molecule has 1 aliphatic rings. The molecule has 0 aromatic heterocycles. The zero-order chi connectivity index (χ0) is 22.8. The summed E-state index contributed by atoms with van der Waals surface area (Å²) < 4.78 is 5.78. The summed E-state index contributed by atoms with van der Waals surface area (Å²) in [4.78, 5) is 25.2. The molecule has 5 rings (SSSR count). The minimum atomic E-state index is -0.824. The monoisotopic (exact) mass is 436 g/mol. The van der Waals surface area contributed by atoms with Gasteiger partial charge < -0.3 is 9.84 Å². The van der Waals surface area contributed by atoms with Gasteiger partial charge in [0.2, 0.25) is 0 Å². The summed E-state index contributed by atoms with van der Waals surface area (Å²) in [6, 6.07) is 32.7. The van der Waals surface area contributed by atoms with Gasteiger partial charge in [-0.3, -0.25) is 4.79 Å². The molecule has 1 fully saturated rings. The Labute approximate surface area is 192 Å². The molecule has 1 aliphatic carbocycles. The maximum atomic E-state index is 12.9. The van der Waals surface area contributed by atoms with E-state index in [9.17, 15) is 14.7 Å². The molecule has 0 saturated heterocycles. The van der Waals surface area contributed by atoms with Crippen LogP contribution in [-0.2, 0) is 9.53 Å². The molecule has 0 bridgehead atoms. The van der Waals surface area contributed by atoms with Gasteiger partial charge in [0.15, 0.2) is 0 Å². The highest BCUT2D eigenvalue weighted by Gasteiger charge is 2.55. The maximum absolute atomic E-state index is 12.9. The molecule has 4 aromatic carbocycles. The second kappa shape index (κ2) is 8.91. The van der Waals surface area contributed by atoms with E-state index in [1.807, 2.05) is 97.1 Å². The first kappa shape index (κ1) is 21.0. The predicted octanol–water partition coefficient (Wildman–Crippen LogP) is 5.89. The maximum Gasteiger partial charge on any atom is 0.338 e. The first-order chi connectivity index (χ1) is 16.1. The van der Waals surface area contributed by atoms with Crippen LogP contribution in [0, 0.1) is 11.8 Å². The smallest absolute Gasteiger partial charge is 0.338 e. The third-order valence-electron chi connectivity index (χ3n) is 6.74. The van der Waals surface area contributed by atoms with Crippen molar-refractivity contribution in [2.24, 2.45) is 11.8 Å². The van der Waals surface area contributed by atoms with Crippen LogP contribution in [0.1, 0.15) is 33.3 Å². The van der Waals surface area contributed by atoms with Gasteiger partial charge >= 0.3 is 11.9 Å². The number of ether oxygens (including phenoxy) is 1. The van der Waals surface area contributed by atoms with E-state index < -0.39 is 17.9 Å². The number of carboxylic acids is 1. The van der Waals surface area contributed by atoms with Gasteiger partial charge in [-0.25, -0.2) is 4.79 Å². The van der Waals surface area contributed by atoms with Gasteiger partial charge in [-0.1, -0.05) is 91.0 Å². The minimum Gasteiger partial charge on any atom is -0.481 e. The third kappa shape index (κ3) is 4.00. The number of aliphatic carboxylic acids is 1. The molecule has 4 aromatic rings. The standard InChI is InChI=1S/C29H24O4/c30-28(31)27-25(20-10-3-1-4-11-20)24(26(27)21-12-5-2-6-13-21)18-33-29(32)23-16-15-19-9-7-8-14-22(19)17-23/h1-17,24-27H,18H2,(H,30,31)/t24-,25-,26-,27+/m1/s1. The van der Waals surface area contributed by atoms with Gasteiger partial charge in [0, 0.05) is 17.8 Å². The fraction of sp³-hybridized carbons (Fsp3) is 0.172. The normalized spacial score (nSPS) is 21.8. The molecule has 33 heavy (non-hydrogen) atoms. The Balaban J connectivity index is 1.42. The van der Waals surface area contributed by atoms with E-state index in [0.717, 1.165) is 21.9 Å². The van der Waals surface area contributed by atoms with Crippen molar-refractivity contribution in [3.05, 3.63) is 120 Å². The van der Waals surface area contributed by atoms with Gasteiger partial charge in [-0.05, 0) is 34.0 Å². The lowest BCUT2D eigenvalue weighted by molar-refractivity contribution is -0.151. The molecule has 0 heterocycles. The number of carbonyl (C=O) groups is 2. The highest BCUT2D eigenvalue weighted by molar-refractivity contribution is 5.95. The largest absolute Gasteiger partial charge is 0.481 e. The van der Waals surface area contributed by atoms with Crippen LogP contribution < -0.4 is 0 Å². The van der Waals surface area contributed by atoms with E-state index in [-0.39, 0.29) is 24.4 Å². The second-order valence-corrected chi connectivity index (χ2v) is 8.56. The molecule has 4 nitrogen and oxygen atoms in total. The summed E-state index contributed by atoms with van der Waals surface area (Å²) in [5.41, 5.74) is 2.42. The van der Waals surface area contributed by atoms with Gasteiger partial charge in [-0.15, -0.1) is 0 Å². The van der Waals surface area contributed by atoms with Crippen molar-refractivity contribution < 1.29 is 19.4 Å². The average Bonchev–Trinajstić information content (AvgIpc) is 2.84. The van der Waals surface area contributed by atoms with Crippen molar-refractivity contribution >= 4 is 22.7 Å². The SMILES string of the molecule is O=C(OC[C@H]1[C@@H](c2ccccc2)[C@@H](C(=O)O)[C@@H]1c1ccccc1)c1ccc2ccccc2c1. The van der Waals surface area contributed by atoms with Crippen LogP contribution >= 0.6 is 0 Å². The summed E-state index contributed by atoms with van der Waals surface area (Å²) in [5.74, 6) is -2.36. The molecule has 0 aliphatic heterocycles. The quantitative estimate of drug-likeness (QED) is 0.383. The molecule has 1 saturated carbocycles. The fourth-order valence-corrected chi connectivity index (χ4v) is 5.18. The van der Waals surface area contributed by atoms with Crippen LogP contribution in [0.25, 0.3) is 10.8 Å². The Morgan fingerprint density at radius 1 is 0.697 bits per heavy atom. The van der Waals surface area contributed by atoms with Gasteiger partial charge in [0.25, 0.3) is 0 Å². The van der Waals surface area contributed by atoms with Crippen molar-refractivity contribution in [1.82, 2.24) is 0 Å². The predicted molar refractivity (Wildman–Crippen MR) is 127 cm³/mol. The Kier molecular flexibility index (Phi) is 5.66. The number of carbonyl (C=O) groups excluding carboxylic acids is 1. The summed E-state index contributed by atoms with van der Waals surface area (Å²) in [7, 11) is 0. The lowest BCUT2D eigenvalue weighted by Gasteiger charge is -2.50. The van der Waals surface area contributed by atoms with E-state index in [4.69, 9.17) is 4.74 Å². The van der Waals surface area contributed by atoms with E-state index >= 15 is 0 Å². The molecule has 0 radical (unpaired) electrons. The molecule has 2 atom stereocenters. The summed E-state index contributed by atoms with van der Waals surface area (Å²) in [6.07, 6.45) is 0. The van der Waals surface area contributed by atoms with Crippen LogP contribution in [0.3, 0.4) is 0 Å². The van der Waals surface area contributed by atoms with Gasteiger partial charge in [0.05, 0.1) is 18.1 Å². The zero-order valence-corrected chi connectivity index (χ0v) is 18.0. The van der Waals surface area contributed by atoms with Crippen LogP contribution in [-0.4, -0.2) is 23.7 Å². The van der Waals surface area contributed by atoms with Crippen LogP contribution in [0.2, 0.25) is 0 Å². The Morgan fingerprint density at radius 2 is 1.24 bits per heavy atom. The van der Waals surface area contributed by atoms with Crippen molar-refractivity contribution in [2.75, 3.05) is 6.61 Å². The number of hydrogen-bond acceptors (Lipinski definition) is 3. The topological polar surface area (TPSA) is 63.6 Å². The molecular formula is C29H24O4. The number of fused-ring (bicyclic) bond motifs is 1. The average molecular weight is 437 g/mol. The first-order valence-corrected chi connectivity index (χ1v) is 11.1. The van der Waals surface area contributed by atoms with Crippen molar-refractivity contribution in [3.8, 4) is 0 Å². The number of carboxylic acid groups (broad SMARTS) is 1. The summed E-state index contributed by atoms with van der Waals surface area (Å²) in [6.45, 7) is 0.161. The molecule has 0 spiro atoms. The Morgan fingerprint density at radius 3 is 1.82 bits per heavy atom. The van der Waals surface area contributed by atoms with Crippen LogP contribution in [0.4, 0.5) is 0 Å². The van der Waals surface area contributed by atoms with Gasteiger partial charge in [-0.2, -0.15) is 0 Å². The molecule has 0 amide bonds. The van der Waals surface area contributed by atoms with E-state index in [2.05, 4.69) is 0 Å². The highest BCUT2D eigenvalue weighted by atomic mass is 16.5. The molecule has 1 N–H and O–H groups in total. The third-order valence-corrected chi connectivity index (χ3v) is 6.74. The first-order valence-electron chi connectivity index (χ1n) is 11.1. The van der Waals surface area contributed by atoms with E-state index in [1.165, 1.54) is 0 Å². The summed E-state index contributed by atoms with van der Waals surface area (Å²) in [5, 5.41) is 12.1. The Hall–Kier alpha value is -3.92. The lowest BCUT2D eigenvalue weighted by atomic mass is 9.53. The van der Waals surface area contributed by atoms with Crippen molar-refractivity contribution in [3.63, 3.8) is 0 Å². The molecular weight excluding hydrogens is 412 g/mol. The van der Waals surface area contributed by atoms with Crippen LogP contribution in [0.15, 0.2) is 103 Å². The molecule has 4 heteroatoms. The van der Waals surface area contributed by atoms with E-state index in [1.54, 1.807) is 6.07 Å². The van der Waals surface area contributed by atoms with Gasteiger partial charge in [0.1, 0.15) is 0 Å². The number of esters is 1. The van der Waals surface area contributed by atoms with E-state index in [0.29, 0.717) is 5.56 Å². The van der Waals surface area contributed by atoms with Crippen LogP contribution in [0.5, 0.6) is 0 Å². The zero-order valence-electron chi connectivity index (χ0n) is 18.0. The molecule has 0 unspecified atom stereocenters. The Bertz CT molecular complexity index is 1240. The number of hydrogen-bond donors (Lipinski definition) is 1.